The van der Waals surface area contributed by atoms with E-state index in [1.54, 1.807) is 4.90 Å². The Morgan fingerprint density at radius 3 is 2.47 bits per heavy atom. The van der Waals surface area contributed by atoms with E-state index in [2.05, 4.69) is 24.8 Å². The van der Waals surface area contributed by atoms with Crippen molar-refractivity contribution < 1.29 is 18.0 Å². The van der Waals surface area contributed by atoms with E-state index in [-0.39, 0.29) is 29.9 Å². The van der Waals surface area contributed by atoms with E-state index >= 15 is 0 Å². The molecule has 1 aromatic carbocycles. The number of piperazine rings is 1. The molecule has 0 spiro atoms. The highest BCUT2D eigenvalue weighted by Crippen LogP contribution is 2.34. The molecule has 0 radical (unpaired) electrons. The Morgan fingerprint density at radius 1 is 1.17 bits per heavy atom. The first-order valence-electron chi connectivity index (χ1n) is 10.8. The molecule has 7 nitrogen and oxygen atoms in total. The quantitative estimate of drug-likeness (QED) is 0.652. The number of hydrogen-bond donors (Lipinski definition) is 0. The highest BCUT2D eigenvalue weighted by Gasteiger charge is 2.38. The second-order valence-electron chi connectivity index (χ2n) is 8.57. The molecule has 2 saturated heterocycles. The van der Waals surface area contributed by atoms with Crippen LogP contribution in [0.15, 0.2) is 24.3 Å². The standard InChI is InChI=1S/C22H33N3O4S/c1-4-17(2)19-7-5-6-8-20(19)25-16-18(15-21(25)26)22(27)24-11-9-23(10-12-24)13-14-30(3,28)29/h5-8,17-18H,4,9-16H2,1-3H3. The van der Waals surface area contributed by atoms with Gasteiger partial charge >= 0.3 is 0 Å². The van der Waals surface area contributed by atoms with E-state index in [4.69, 9.17) is 0 Å². The highest BCUT2D eigenvalue weighted by atomic mass is 32.2. The summed E-state index contributed by atoms with van der Waals surface area (Å²) in [5.41, 5.74) is 2.08. The zero-order chi connectivity index (χ0) is 21.9. The molecule has 0 N–H and O–H groups in total. The zero-order valence-electron chi connectivity index (χ0n) is 18.2. The van der Waals surface area contributed by atoms with Gasteiger partial charge in [-0.15, -0.1) is 0 Å². The average molecular weight is 436 g/mol. The maximum atomic E-state index is 13.1. The molecule has 3 rings (SSSR count). The maximum Gasteiger partial charge on any atom is 0.228 e. The molecule has 2 unspecified atom stereocenters. The van der Waals surface area contributed by atoms with Crippen molar-refractivity contribution in [3.63, 3.8) is 0 Å². The Morgan fingerprint density at radius 2 is 1.83 bits per heavy atom. The lowest BCUT2D eigenvalue weighted by atomic mass is 9.96. The van der Waals surface area contributed by atoms with Crippen LogP contribution in [0, 0.1) is 5.92 Å². The molecular formula is C22H33N3O4S. The van der Waals surface area contributed by atoms with Crippen LogP contribution in [-0.2, 0) is 19.4 Å². The van der Waals surface area contributed by atoms with Crippen molar-refractivity contribution in [1.82, 2.24) is 9.80 Å². The van der Waals surface area contributed by atoms with E-state index in [1.807, 2.05) is 23.1 Å². The van der Waals surface area contributed by atoms with Gasteiger partial charge in [0, 0.05) is 57.6 Å². The lowest BCUT2D eigenvalue weighted by Gasteiger charge is -2.35. The third-order valence-electron chi connectivity index (χ3n) is 6.31. The summed E-state index contributed by atoms with van der Waals surface area (Å²) < 4.78 is 22.7. The molecule has 2 aliphatic heterocycles. The smallest absolute Gasteiger partial charge is 0.228 e. The predicted molar refractivity (Wildman–Crippen MR) is 118 cm³/mol. The number of carbonyl (C=O) groups excluding carboxylic acids is 2. The molecule has 166 valence electrons. The van der Waals surface area contributed by atoms with Crippen molar-refractivity contribution in [2.75, 3.05) is 56.2 Å². The Balaban J connectivity index is 1.60. The number of nitrogens with zero attached hydrogens (tertiary/aromatic N) is 3. The summed E-state index contributed by atoms with van der Waals surface area (Å²) in [5, 5.41) is 0. The molecule has 8 heteroatoms. The summed E-state index contributed by atoms with van der Waals surface area (Å²) in [6, 6.07) is 7.99. The first-order valence-corrected chi connectivity index (χ1v) is 12.8. The van der Waals surface area contributed by atoms with Crippen LogP contribution < -0.4 is 4.90 Å². The predicted octanol–water partition coefficient (Wildman–Crippen LogP) is 1.74. The van der Waals surface area contributed by atoms with E-state index < -0.39 is 9.84 Å². The van der Waals surface area contributed by atoms with Crippen LogP contribution in [0.2, 0.25) is 0 Å². The molecule has 2 atom stereocenters. The Labute approximate surface area is 179 Å². The fraction of sp³-hybridized carbons (Fsp3) is 0.636. The zero-order valence-corrected chi connectivity index (χ0v) is 19.0. The SMILES string of the molecule is CCC(C)c1ccccc1N1CC(C(=O)N2CCN(CCS(C)(=O)=O)CC2)CC1=O. The Kier molecular flexibility index (Phi) is 7.18. The molecule has 2 fully saturated rings. The minimum Gasteiger partial charge on any atom is -0.340 e. The van der Waals surface area contributed by atoms with Gasteiger partial charge in [-0.1, -0.05) is 32.0 Å². The van der Waals surface area contributed by atoms with Gasteiger partial charge in [0.25, 0.3) is 0 Å². The maximum absolute atomic E-state index is 13.1. The van der Waals surface area contributed by atoms with Crippen LogP contribution in [0.25, 0.3) is 0 Å². The van der Waals surface area contributed by atoms with Crippen LogP contribution in [0.1, 0.15) is 38.2 Å². The lowest BCUT2D eigenvalue weighted by molar-refractivity contribution is -0.137. The third-order valence-corrected chi connectivity index (χ3v) is 7.23. The van der Waals surface area contributed by atoms with Crippen LogP contribution in [0.3, 0.4) is 0 Å². The van der Waals surface area contributed by atoms with Crippen molar-refractivity contribution in [3.05, 3.63) is 29.8 Å². The Bertz CT molecular complexity index is 878. The number of sulfone groups is 1. The van der Waals surface area contributed by atoms with Crippen molar-refractivity contribution in [2.45, 2.75) is 32.6 Å². The number of hydrogen-bond acceptors (Lipinski definition) is 5. The molecular weight excluding hydrogens is 402 g/mol. The van der Waals surface area contributed by atoms with E-state index in [9.17, 15) is 18.0 Å². The van der Waals surface area contributed by atoms with Gasteiger partial charge in [0.2, 0.25) is 11.8 Å². The third kappa shape index (κ3) is 5.40. The van der Waals surface area contributed by atoms with E-state index in [0.29, 0.717) is 45.2 Å². The summed E-state index contributed by atoms with van der Waals surface area (Å²) in [6.45, 7) is 7.72. The van der Waals surface area contributed by atoms with Gasteiger partial charge in [-0.2, -0.15) is 0 Å². The second kappa shape index (κ2) is 9.47. The van der Waals surface area contributed by atoms with E-state index in [1.165, 1.54) is 6.26 Å². The van der Waals surface area contributed by atoms with Crippen LogP contribution in [0.5, 0.6) is 0 Å². The summed E-state index contributed by atoms with van der Waals surface area (Å²) in [5.74, 6) is 0.224. The lowest BCUT2D eigenvalue weighted by Crippen LogP contribution is -2.51. The Hall–Kier alpha value is -1.93. The molecule has 0 saturated carbocycles. The summed E-state index contributed by atoms with van der Waals surface area (Å²) in [4.78, 5) is 31.5. The largest absolute Gasteiger partial charge is 0.340 e. The number of amides is 2. The van der Waals surface area contributed by atoms with Gasteiger partial charge in [-0.25, -0.2) is 8.42 Å². The summed E-state index contributed by atoms with van der Waals surface area (Å²) in [6.07, 6.45) is 2.49. The van der Waals surface area contributed by atoms with Gasteiger partial charge < -0.3 is 9.80 Å². The van der Waals surface area contributed by atoms with Gasteiger partial charge in [-0.05, 0) is 24.0 Å². The number of rotatable bonds is 7. The number of benzene rings is 1. The van der Waals surface area contributed by atoms with E-state index in [0.717, 1.165) is 17.7 Å². The summed E-state index contributed by atoms with van der Waals surface area (Å²) >= 11 is 0. The monoisotopic (exact) mass is 435 g/mol. The van der Waals surface area contributed by atoms with Gasteiger partial charge in [0.15, 0.2) is 0 Å². The highest BCUT2D eigenvalue weighted by molar-refractivity contribution is 7.90. The normalized spacial score (nSPS) is 21.8. The topological polar surface area (TPSA) is 78.0 Å². The minimum absolute atomic E-state index is 0.0101. The molecule has 0 aliphatic carbocycles. The minimum atomic E-state index is -2.98. The fourth-order valence-corrected chi connectivity index (χ4v) is 4.81. The van der Waals surface area contributed by atoms with Crippen molar-refractivity contribution in [1.29, 1.82) is 0 Å². The summed E-state index contributed by atoms with van der Waals surface area (Å²) in [7, 11) is -2.98. The molecule has 0 aromatic heterocycles. The molecule has 2 amide bonds. The van der Waals surface area contributed by atoms with Crippen molar-refractivity contribution >= 4 is 27.3 Å². The van der Waals surface area contributed by atoms with Gasteiger partial charge in [0.05, 0.1) is 11.7 Å². The molecule has 30 heavy (non-hydrogen) atoms. The molecule has 0 bridgehead atoms. The first-order chi connectivity index (χ1) is 14.2. The number of para-hydroxylation sites is 1. The first kappa shape index (κ1) is 22.7. The number of anilines is 1. The molecule has 1 aromatic rings. The van der Waals surface area contributed by atoms with Gasteiger partial charge in [-0.3, -0.25) is 14.5 Å². The van der Waals surface area contributed by atoms with Crippen LogP contribution in [-0.4, -0.2) is 81.3 Å². The molecule has 2 heterocycles. The van der Waals surface area contributed by atoms with Crippen LogP contribution in [0.4, 0.5) is 5.69 Å². The molecule has 2 aliphatic rings. The average Bonchev–Trinajstić information content (AvgIpc) is 3.12. The van der Waals surface area contributed by atoms with Crippen LogP contribution >= 0.6 is 0 Å². The second-order valence-corrected chi connectivity index (χ2v) is 10.8. The van der Waals surface area contributed by atoms with Crippen molar-refractivity contribution in [2.24, 2.45) is 5.92 Å². The number of carbonyl (C=O) groups is 2. The fourth-order valence-electron chi connectivity index (χ4n) is 4.22. The van der Waals surface area contributed by atoms with Gasteiger partial charge in [0.1, 0.15) is 9.84 Å². The van der Waals surface area contributed by atoms with Crippen molar-refractivity contribution in [3.8, 4) is 0 Å².